The number of phosphoric ester groups is 3. The van der Waals surface area contributed by atoms with E-state index in [-0.39, 0.29) is 66.6 Å². The quantitative estimate of drug-likeness (QED) is 0.0167. The Morgan fingerprint density at radius 3 is 2.01 bits per heavy atom. The van der Waals surface area contributed by atoms with Crippen LogP contribution >= 0.6 is 35.2 Å². The number of nitrogens with two attached hydrogens (primary N) is 1. The van der Waals surface area contributed by atoms with E-state index in [0.717, 1.165) is 84.7 Å². The normalized spacial score (nSPS) is 18.8. The zero-order chi connectivity index (χ0) is 65.1. The minimum atomic E-state index is -5.63. The second-order valence-electron chi connectivity index (χ2n) is 21.7. The van der Waals surface area contributed by atoms with Gasteiger partial charge in [-0.25, -0.2) is 28.2 Å². The third-order valence-electron chi connectivity index (χ3n) is 15.0. The summed E-state index contributed by atoms with van der Waals surface area (Å²) in [6, 6.07) is 7.74. The number of carbonyl (C=O) groups is 4. The van der Waals surface area contributed by atoms with Crippen molar-refractivity contribution in [2.45, 2.75) is 104 Å². The molecule has 0 spiro atoms. The van der Waals surface area contributed by atoms with Gasteiger partial charge in [-0.15, -0.1) is 0 Å². The number of amides is 2. The molecule has 8 bridgehead atoms. The van der Waals surface area contributed by atoms with Gasteiger partial charge in [-0.2, -0.15) is 9.29 Å². The number of aliphatic hydroxyl groups is 2. The molecule has 14 N–H and O–H groups in total. The summed E-state index contributed by atoms with van der Waals surface area (Å²) in [6.45, 7) is 16.2. The molecule has 5 aromatic rings. The lowest BCUT2D eigenvalue weighted by atomic mass is 9.87. The first-order chi connectivity index (χ1) is 41.8. The molecular formula is C55H69N11O19P3S+. The average molecular weight is 1310 g/mol. The van der Waals surface area contributed by atoms with E-state index in [1.807, 2.05) is 52.0 Å². The maximum Gasteiger partial charge on any atom is 0.481 e. The molecular weight excluding hydrogens is 1240 g/mol. The van der Waals surface area contributed by atoms with Gasteiger partial charge in [0.2, 0.25) is 23.6 Å². The first-order valence-corrected chi connectivity index (χ1v) is 33.0. The van der Waals surface area contributed by atoms with E-state index in [0.29, 0.717) is 29.2 Å². The van der Waals surface area contributed by atoms with E-state index < -0.39 is 90.5 Å². The summed E-state index contributed by atoms with van der Waals surface area (Å²) in [6.07, 6.45) is -2.90. The molecule has 0 saturated carbocycles. The molecule has 1 saturated heterocycles. The average Bonchev–Trinajstić information content (AvgIpc) is 2.80. The van der Waals surface area contributed by atoms with Crippen LogP contribution in [0, 0.1) is 19.3 Å². The number of aliphatic carboxylic acids is 1. The van der Waals surface area contributed by atoms with Crippen LogP contribution in [0.3, 0.4) is 0 Å². The van der Waals surface area contributed by atoms with E-state index in [4.69, 9.17) is 34.0 Å². The fourth-order valence-electron chi connectivity index (χ4n) is 10.2. The Labute approximate surface area is 512 Å². The third-order valence-corrected chi connectivity index (χ3v) is 19.1. The number of anilines is 1. The van der Waals surface area contributed by atoms with Crippen molar-refractivity contribution in [2.75, 3.05) is 37.8 Å². The van der Waals surface area contributed by atoms with Crippen molar-refractivity contribution in [1.29, 1.82) is 0 Å². The molecule has 7 atom stereocenters. The molecule has 3 aliphatic rings. The molecule has 8 rings (SSSR count). The van der Waals surface area contributed by atoms with E-state index >= 15 is 0 Å². The lowest BCUT2D eigenvalue weighted by Gasteiger charge is -2.30. The lowest BCUT2D eigenvalue weighted by Crippen LogP contribution is -2.46. The van der Waals surface area contributed by atoms with Crippen LogP contribution in [-0.2, 0) is 55.5 Å². The van der Waals surface area contributed by atoms with Crippen LogP contribution in [0.5, 0.6) is 0 Å². The maximum absolute atomic E-state index is 13.4. The molecule has 34 heteroatoms. The highest BCUT2D eigenvalue weighted by atomic mass is 32.2. The van der Waals surface area contributed by atoms with Crippen LogP contribution in [-0.4, -0.2) is 149 Å². The Hall–Kier alpha value is -6.89. The molecule has 7 unspecified atom stereocenters. The molecule has 8 heterocycles. The van der Waals surface area contributed by atoms with Gasteiger partial charge in [0.25, 0.3) is 0 Å². The number of carbonyl (C=O) groups excluding carboxylic acids is 3. The first kappa shape index (κ1) is 68.0. The smallest absolute Gasteiger partial charge is 0.481 e. The van der Waals surface area contributed by atoms with Gasteiger partial charge in [0, 0.05) is 76.7 Å². The van der Waals surface area contributed by atoms with Gasteiger partial charge in [0.05, 0.1) is 36.0 Å². The molecule has 0 aliphatic carbocycles. The number of aromatic nitrogens is 8. The number of H-pyrrole nitrogens is 3. The summed E-state index contributed by atoms with van der Waals surface area (Å²) in [4.78, 5) is 119. The number of allylic oxidation sites excluding steroid dienone is 4. The van der Waals surface area contributed by atoms with Gasteiger partial charge in [-0.05, 0) is 98.2 Å². The first-order valence-electron chi connectivity index (χ1n) is 27.5. The summed E-state index contributed by atoms with van der Waals surface area (Å²) in [7, 11) is -16.6. The van der Waals surface area contributed by atoms with Gasteiger partial charge >= 0.3 is 35.1 Å². The number of imidazole rings is 1. The van der Waals surface area contributed by atoms with Crippen molar-refractivity contribution in [1.82, 2.24) is 45.5 Å². The number of aliphatic hydroxyl groups excluding tert-OH is 2. The third kappa shape index (κ3) is 16.2. The predicted molar refractivity (Wildman–Crippen MR) is 328 cm³/mol. The van der Waals surface area contributed by atoms with E-state index in [9.17, 15) is 67.8 Å². The standard InChI is InChI=1S/C55H68N11O19P3S/c1-9-31-27(3)35-19-36-29(5)33(11-13-45(68)69)41(64-36)22-42-34(30(6)38(65-42)21-40-32(10-2)28(4)37(63-40)20-39(31)62-35)12-14-46(70)89-18-17-57-44(67)15-16-58-53(73)50(72)55(7,8)24-82-88(79,80)85-87(77,78)81-23-43-49(84-86(74,75)76)48(71)54(83-43)66-26-61-47-51(56)59-25-60-52(47)66/h9-10,19-22,25-26,43,48-50,54,71-72H,1-2,11-18,23-24H2,3-8H3,(H11,56,57,58,59,60,62,63,64,65,67,68,69,73,74,75,76,77,78,79,80)/p+1. The number of nitrogen functional groups attached to an aromatic ring is 1. The molecule has 0 radical (unpaired) electrons. The Morgan fingerprint density at radius 1 is 0.820 bits per heavy atom. The molecule has 89 heavy (non-hydrogen) atoms. The summed E-state index contributed by atoms with van der Waals surface area (Å²) in [5, 5.41) is 36.5. The Balaban J connectivity index is 0.818. The molecule has 478 valence electrons. The van der Waals surface area contributed by atoms with E-state index in [1.54, 1.807) is 12.2 Å². The number of nitrogens with one attached hydrogen (secondary N) is 5. The van der Waals surface area contributed by atoms with Crippen molar-refractivity contribution >= 4 is 132 Å². The largest absolute Gasteiger partial charge is 0.481 e. The minimum Gasteiger partial charge on any atom is -0.481 e. The fourth-order valence-corrected chi connectivity index (χ4v) is 13.7. The van der Waals surface area contributed by atoms with E-state index in [2.05, 4.69) is 53.0 Å². The topological polar surface area (TPSA) is 460 Å². The van der Waals surface area contributed by atoms with Crippen molar-refractivity contribution in [3.8, 4) is 0 Å². The van der Waals surface area contributed by atoms with Crippen LogP contribution in [0.15, 0.2) is 50.1 Å². The zero-order valence-electron chi connectivity index (χ0n) is 49.1. The van der Waals surface area contributed by atoms with Crippen molar-refractivity contribution in [2.24, 2.45) is 5.41 Å². The minimum absolute atomic E-state index is 0.000746. The van der Waals surface area contributed by atoms with Gasteiger partial charge in [-0.1, -0.05) is 55.9 Å². The van der Waals surface area contributed by atoms with Crippen molar-refractivity contribution in [3.63, 3.8) is 0 Å². The monoisotopic (exact) mass is 1310 g/mol. The van der Waals surface area contributed by atoms with Crippen LogP contribution < -0.4 is 20.9 Å². The number of ether oxygens (including phenoxy) is 1. The molecule has 0 aromatic carbocycles. The number of thioether (sulfide) groups is 1. The molecule has 2 amide bonds. The number of carboxylic acid groups (broad SMARTS) is 1. The van der Waals surface area contributed by atoms with Gasteiger partial charge in [0.15, 0.2) is 23.6 Å². The highest BCUT2D eigenvalue weighted by Gasteiger charge is 2.52. The SMILES string of the molecule is C=Cc1c(C)c2cc3[nH]c(cc4nc(cc5nc(cc1[nH]2)C(C)=C5CCC(=O)SCCNC(=O)CCNC(=O)C(O)C(C)(C)COP(=O)(O)OP(=O)(O)OCC1OC([n+]2c[nH]c5c(N)ncnc52)C(O)C1OP(=O)(O)O)C(CCC(=O)O)=C4C)c(C)c3C=C. The lowest BCUT2D eigenvalue weighted by molar-refractivity contribution is -0.745. The number of aryl methyl sites for hydroxylation is 2. The number of rotatable bonds is 27. The molecule has 3 aliphatic heterocycles. The van der Waals surface area contributed by atoms with Crippen molar-refractivity contribution in [3.05, 3.63) is 95.1 Å². The van der Waals surface area contributed by atoms with Crippen LogP contribution in [0.4, 0.5) is 5.82 Å². The number of hydrogen-bond donors (Lipinski definition) is 13. The summed E-state index contributed by atoms with van der Waals surface area (Å²) in [5.74, 6) is -2.27. The van der Waals surface area contributed by atoms with Crippen LogP contribution in [0.1, 0.15) is 111 Å². The summed E-state index contributed by atoms with van der Waals surface area (Å²) >= 11 is 1.01. The van der Waals surface area contributed by atoms with Crippen molar-refractivity contribution < 1.29 is 95.0 Å². The summed E-state index contributed by atoms with van der Waals surface area (Å²) in [5.41, 5.74) is 17.1. The number of fused-ring (bicyclic) bond motifs is 9. The van der Waals surface area contributed by atoms with Gasteiger partial charge < -0.3 is 66.0 Å². The number of carboxylic acids is 1. The van der Waals surface area contributed by atoms with Gasteiger partial charge in [-0.3, -0.25) is 37.7 Å². The number of phosphoric acid groups is 3. The van der Waals surface area contributed by atoms with Crippen LogP contribution in [0.2, 0.25) is 0 Å². The molecule has 1 fully saturated rings. The summed E-state index contributed by atoms with van der Waals surface area (Å²) < 4.78 is 63.1. The second kappa shape index (κ2) is 27.7. The Kier molecular flexibility index (Phi) is 21.2. The number of hydrogen-bond acceptors (Lipinski definition) is 20. The highest BCUT2D eigenvalue weighted by Crippen LogP contribution is 2.61. The number of aromatic amines is 3. The molecule has 5 aromatic heterocycles. The van der Waals surface area contributed by atoms with E-state index in [1.165, 1.54) is 24.7 Å². The fraction of sp³-hybridized carbons (Fsp3) is 0.400. The highest BCUT2D eigenvalue weighted by molar-refractivity contribution is 8.13. The Bertz CT molecular complexity index is 4040. The van der Waals surface area contributed by atoms with Gasteiger partial charge in [0.1, 0.15) is 24.4 Å². The Morgan fingerprint density at radius 2 is 1.40 bits per heavy atom. The van der Waals surface area contributed by atoms with Crippen LogP contribution in [0.25, 0.3) is 67.7 Å². The second-order valence-corrected chi connectivity index (χ2v) is 27.1. The predicted octanol–water partition coefficient (Wildman–Crippen LogP) is 5.82. The zero-order valence-corrected chi connectivity index (χ0v) is 52.6. The number of nitrogens with zero attached hydrogens (tertiary/aromatic N) is 5. The maximum atomic E-state index is 13.4. The molecule has 30 nitrogen and oxygen atoms in total.